The van der Waals surface area contributed by atoms with Crippen molar-refractivity contribution in [3.8, 4) is 0 Å². The fourth-order valence-electron chi connectivity index (χ4n) is 1.20. The first-order valence-electron chi connectivity index (χ1n) is 3.79. The zero-order chi connectivity index (χ0) is 10.3. The molecular weight excluding hydrogens is 206 g/mol. The Morgan fingerprint density at radius 3 is 2.50 bits per heavy atom. The molecule has 0 saturated heterocycles. The molecule has 0 aliphatic heterocycles. The van der Waals surface area contributed by atoms with Crippen LogP contribution in [0.4, 0.5) is 5.69 Å². The van der Waals surface area contributed by atoms with Gasteiger partial charge in [-0.15, -0.1) is 0 Å². The molecule has 1 heterocycles. The Morgan fingerprint density at radius 1 is 1.14 bits per heavy atom. The molecule has 72 valence electrons. The van der Waals surface area contributed by atoms with Crippen LogP contribution in [0.2, 0.25) is 5.02 Å². The van der Waals surface area contributed by atoms with Crippen molar-refractivity contribution in [2.75, 3.05) is 5.73 Å². The molecule has 0 bridgehead atoms. The molecule has 2 aromatic rings. The van der Waals surface area contributed by atoms with Gasteiger partial charge < -0.3 is 15.7 Å². The third-order valence-corrected chi connectivity index (χ3v) is 2.10. The second kappa shape index (κ2) is 2.88. The summed E-state index contributed by atoms with van der Waals surface area (Å²) in [5.41, 5.74) is 5.28. The molecule has 0 saturated carbocycles. The molecule has 0 amide bonds. The highest BCUT2D eigenvalue weighted by Crippen LogP contribution is 2.21. The zero-order valence-electron chi connectivity index (χ0n) is 6.93. The van der Waals surface area contributed by atoms with Crippen LogP contribution in [0.15, 0.2) is 21.7 Å². The van der Waals surface area contributed by atoms with Crippen LogP contribution in [-0.4, -0.2) is 9.97 Å². The number of hydrogen-bond acceptors (Lipinski definition) is 3. The Labute approximate surface area is 82.5 Å². The first-order valence-corrected chi connectivity index (χ1v) is 4.17. The Hall–Kier alpha value is -1.75. The van der Waals surface area contributed by atoms with Crippen LogP contribution in [0.1, 0.15) is 0 Å². The highest BCUT2D eigenvalue weighted by molar-refractivity contribution is 6.35. The Morgan fingerprint density at radius 2 is 1.79 bits per heavy atom. The van der Waals surface area contributed by atoms with E-state index >= 15 is 0 Å². The molecule has 6 heteroatoms. The minimum Gasteiger partial charge on any atom is -0.399 e. The number of hydrogen-bond donors (Lipinski definition) is 3. The van der Waals surface area contributed by atoms with Crippen LogP contribution >= 0.6 is 11.6 Å². The van der Waals surface area contributed by atoms with Gasteiger partial charge in [0, 0.05) is 5.69 Å². The van der Waals surface area contributed by atoms with Gasteiger partial charge in [-0.05, 0) is 12.1 Å². The van der Waals surface area contributed by atoms with Gasteiger partial charge in [0.1, 0.15) is 0 Å². The summed E-state index contributed by atoms with van der Waals surface area (Å²) in [5, 5.41) is 0.299. The van der Waals surface area contributed by atoms with Gasteiger partial charge in [-0.1, -0.05) is 11.6 Å². The van der Waals surface area contributed by atoms with Gasteiger partial charge in [0.2, 0.25) is 0 Å². The number of benzene rings is 1. The molecule has 4 N–H and O–H groups in total. The SMILES string of the molecule is Nc1cc(Cl)c2[nH]c(=O)c(=O)[nH]c2c1. The summed E-state index contributed by atoms with van der Waals surface area (Å²) >= 11 is 5.81. The van der Waals surface area contributed by atoms with E-state index in [1.165, 1.54) is 12.1 Å². The number of aromatic amines is 2. The molecule has 14 heavy (non-hydrogen) atoms. The largest absolute Gasteiger partial charge is 0.399 e. The van der Waals surface area contributed by atoms with E-state index in [0.717, 1.165) is 0 Å². The van der Waals surface area contributed by atoms with Crippen LogP contribution in [0.5, 0.6) is 0 Å². The smallest absolute Gasteiger partial charge is 0.314 e. The predicted molar refractivity (Wildman–Crippen MR) is 54.6 cm³/mol. The highest BCUT2D eigenvalue weighted by atomic mass is 35.5. The number of H-pyrrole nitrogens is 2. The van der Waals surface area contributed by atoms with Crippen molar-refractivity contribution >= 4 is 28.3 Å². The third kappa shape index (κ3) is 1.27. The van der Waals surface area contributed by atoms with E-state index in [0.29, 0.717) is 21.7 Å². The second-order valence-electron chi connectivity index (χ2n) is 2.83. The highest BCUT2D eigenvalue weighted by Gasteiger charge is 2.03. The number of fused-ring (bicyclic) bond motifs is 1. The molecule has 0 aliphatic rings. The molecule has 0 atom stereocenters. The topological polar surface area (TPSA) is 91.7 Å². The van der Waals surface area contributed by atoms with Gasteiger partial charge in [0.05, 0.1) is 16.1 Å². The number of nitrogens with two attached hydrogens (primary N) is 1. The minimum absolute atomic E-state index is 0.299. The van der Waals surface area contributed by atoms with E-state index in [-0.39, 0.29) is 0 Å². The van der Waals surface area contributed by atoms with Crippen LogP contribution in [0, 0.1) is 0 Å². The molecule has 0 spiro atoms. The van der Waals surface area contributed by atoms with E-state index in [1.807, 2.05) is 0 Å². The predicted octanol–water partition coefficient (Wildman–Crippen LogP) is 0.452. The lowest BCUT2D eigenvalue weighted by molar-refractivity contribution is 1.15. The molecular formula is C8H6ClN3O2. The van der Waals surface area contributed by atoms with Gasteiger partial charge in [0.25, 0.3) is 0 Å². The van der Waals surface area contributed by atoms with Crippen molar-refractivity contribution in [2.45, 2.75) is 0 Å². The fourth-order valence-corrected chi connectivity index (χ4v) is 1.48. The quantitative estimate of drug-likeness (QED) is 0.437. The lowest BCUT2D eigenvalue weighted by Crippen LogP contribution is -2.29. The normalized spacial score (nSPS) is 10.6. The number of aromatic nitrogens is 2. The van der Waals surface area contributed by atoms with Gasteiger partial charge in [0.15, 0.2) is 0 Å². The van der Waals surface area contributed by atoms with Crippen molar-refractivity contribution in [3.05, 3.63) is 37.9 Å². The van der Waals surface area contributed by atoms with Crippen LogP contribution in [0.3, 0.4) is 0 Å². The number of nitrogen functional groups attached to an aromatic ring is 1. The molecule has 0 unspecified atom stereocenters. The third-order valence-electron chi connectivity index (χ3n) is 1.81. The minimum atomic E-state index is -0.732. The molecule has 0 fully saturated rings. The average molecular weight is 212 g/mol. The Bertz CT molecular complexity index is 614. The van der Waals surface area contributed by atoms with Crippen LogP contribution in [0.25, 0.3) is 11.0 Å². The summed E-state index contributed by atoms with van der Waals surface area (Å²) in [6.07, 6.45) is 0. The monoisotopic (exact) mass is 211 g/mol. The van der Waals surface area contributed by atoms with Crippen molar-refractivity contribution in [3.63, 3.8) is 0 Å². The first kappa shape index (κ1) is 8.83. The average Bonchev–Trinajstić information content (AvgIpc) is 2.08. The zero-order valence-corrected chi connectivity index (χ0v) is 7.68. The summed E-state index contributed by atoms with van der Waals surface area (Å²) in [6, 6.07) is 3.02. The van der Waals surface area contributed by atoms with E-state index in [2.05, 4.69) is 9.97 Å². The molecule has 2 rings (SSSR count). The number of rotatable bonds is 0. The van der Waals surface area contributed by atoms with Crippen molar-refractivity contribution in [1.29, 1.82) is 0 Å². The van der Waals surface area contributed by atoms with E-state index in [4.69, 9.17) is 17.3 Å². The lowest BCUT2D eigenvalue weighted by atomic mass is 10.2. The molecule has 0 radical (unpaired) electrons. The maximum absolute atomic E-state index is 11.0. The second-order valence-corrected chi connectivity index (χ2v) is 3.24. The maximum atomic E-state index is 11.0. The summed E-state index contributed by atoms with van der Waals surface area (Å²) in [5.74, 6) is 0. The van der Waals surface area contributed by atoms with E-state index < -0.39 is 11.1 Å². The van der Waals surface area contributed by atoms with Crippen molar-refractivity contribution in [2.24, 2.45) is 0 Å². The first-order chi connectivity index (χ1) is 6.58. The van der Waals surface area contributed by atoms with Gasteiger partial charge >= 0.3 is 11.1 Å². The summed E-state index contributed by atoms with van der Waals surface area (Å²) < 4.78 is 0. The molecule has 1 aromatic heterocycles. The molecule has 0 aliphatic carbocycles. The number of anilines is 1. The van der Waals surface area contributed by atoms with Crippen LogP contribution in [-0.2, 0) is 0 Å². The fraction of sp³-hybridized carbons (Fsp3) is 0. The summed E-state index contributed by atoms with van der Waals surface area (Å²) in [7, 11) is 0. The van der Waals surface area contributed by atoms with Crippen LogP contribution < -0.4 is 16.9 Å². The van der Waals surface area contributed by atoms with E-state index in [1.54, 1.807) is 0 Å². The van der Waals surface area contributed by atoms with Gasteiger partial charge in [-0.3, -0.25) is 9.59 Å². The summed E-state index contributed by atoms with van der Waals surface area (Å²) in [4.78, 5) is 26.7. The standard InChI is InChI=1S/C8H6ClN3O2/c9-4-1-3(10)2-5-6(4)12-8(14)7(13)11-5/h1-2H,10H2,(H,11,13)(H,12,14). The van der Waals surface area contributed by atoms with Crippen molar-refractivity contribution in [1.82, 2.24) is 9.97 Å². The lowest BCUT2D eigenvalue weighted by Gasteiger charge is -2.00. The summed E-state index contributed by atoms with van der Waals surface area (Å²) in [6.45, 7) is 0. The van der Waals surface area contributed by atoms with Gasteiger partial charge in [-0.25, -0.2) is 0 Å². The van der Waals surface area contributed by atoms with E-state index in [9.17, 15) is 9.59 Å². The number of nitrogens with one attached hydrogen (secondary N) is 2. The number of halogens is 1. The van der Waals surface area contributed by atoms with Crippen molar-refractivity contribution < 1.29 is 0 Å². The molecule has 1 aromatic carbocycles. The molecule has 5 nitrogen and oxygen atoms in total. The Balaban J connectivity index is 3.03. The maximum Gasteiger partial charge on any atom is 0.314 e. The van der Waals surface area contributed by atoms with Gasteiger partial charge in [-0.2, -0.15) is 0 Å². The Kier molecular flexibility index (Phi) is 1.82.